The molecule has 0 saturated heterocycles. The highest BCUT2D eigenvalue weighted by molar-refractivity contribution is 5.81. The van der Waals surface area contributed by atoms with Crippen molar-refractivity contribution in [1.82, 2.24) is 19.5 Å². The van der Waals surface area contributed by atoms with Crippen LogP contribution in [0, 0.1) is 5.92 Å². The van der Waals surface area contributed by atoms with Crippen molar-refractivity contribution < 1.29 is 5.11 Å². The molecule has 18 heavy (non-hydrogen) atoms. The standard InChI is InChI=1S/C12H17N5O/c13-11-10-12(15-6-14-11)17(7-16-10)9-4-2-1-3-8(9)5-18/h6-9,18H,1-5H2,(H2,13,14,15)/t8-,9+/m0/s1. The lowest BCUT2D eigenvalue weighted by molar-refractivity contribution is 0.140. The molecule has 1 aliphatic rings. The Balaban J connectivity index is 2.05. The minimum Gasteiger partial charge on any atom is -0.396 e. The van der Waals surface area contributed by atoms with Crippen molar-refractivity contribution in [1.29, 1.82) is 0 Å². The van der Waals surface area contributed by atoms with Crippen molar-refractivity contribution in [2.75, 3.05) is 12.3 Å². The van der Waals surface area contributed by atoms with Gasteiger partial charge in [0, 0.05) is 18.6 Å². The molecule has 1 aliphatic carbocycles. The number of aromatic nitrogens is 4. The Labute approximate surface area is 105 Å². The molecule has 0 bridgehead atoms. The highest BCUT2D eigenvalue weighted by Gasteiger charge is 2.27. The Hall–Kier alpha value is -1.69. The van der Waals surface area contributed by atoms with Crippen LogP contribution in [0.25, 0.3) is 11.2 Å². The van der Waals surface area contributed by atoms with Crippen molar-refractivity contribution in [3.63, 3.8) is 0 Å². The molecule has 0 aliphatic heterocycles. The first-order chi connectivity index (χ1) is 8.81. The number of nitrogen functional groups attached to an aromatic ring is 1. The predicted octanol–water partition coefficient (Wildman–Crippen LogP) is 1.13. The minimum atomic E-state index is 0.213. The summed E-state index contributed by atoms with van der Waals surface area (Å²) >= 11 is 0. The van der Waals surface area contributed by atoms with Crippen molar-refractivity contribution >= 4 is 17.0 Å². The zero-order valence-corrected chi connectivity index (χ0v) is 10.2. The van der Waals surface area contributed by atoms with Crippen molar-refractivity contribution in [3.8, 4) is 0 Å². The summed E-state index contributed by atoms with van der Waals surface area (Å²) < 4.78 is 2.05. The zero-order valence-electron chi connectivity index (χ0n) is 10.2. The molecule has 2 atom stereocenters. The second-order valence-electron chi connectivity index (χ2n) is 4.88. The van der Waals surface area contributed by atoms with E-state index >= 15 is 0 Å². The largest absolute Gasteiger partial charge is 0.396 e. The third-order valence-electron chi connectivity index (χ3n) is 3.85. The maximum Gasteiger partial charge on any atom is 0.165 e. The Morgan fingerprint density at radius 1 is 1.28 bits per heavy atom. The second kappa shape index (κ2) is 4.53. The van der Waals surface area contributed by atoms with Gasteiger partial charge in [0.05, 0.1) is 6.33 Å². The van der Waals surface area contributed by atoms with Gasteiger partial charge in [0.1, 0.15) is 11.8 Å². The molecule has 0 amide bonds. The number of anilines is 1. The van der Waals surface area contributed by atoms with E-state index in [0.29, 0.717) is 11.3 Å². The number of nitrogens with zero attached hydrogens (tertiary/aromatic N) is 4. The van der Waals surface area contributed by atoms with E-state index in [4.69, 9.17) is 5.73 Å². The third kappa shape index (κ3) is 1.73. The van der Waals surface area contributed by atoms with Gasteiger partial charge in [-0.15, -0.1) is 0 Å². The molecule has 0 spiro atoms. The number of hydrogen-bond donors (Lipinski definition) is 2. The summed E-state index contributed by atoms with van der Waals surface area (Å²) in [6, 6.07) is 0.267. The van der Waals surface area contributed by atoms with Gasteiger partial charge in [0.15, 0.2) is 11.5 Å². The molecule has 2 aromatic rings. The molecule has 1 saturated carbocycles. The van der Waals surface area contributed by atoms with E-state index in [0.717, 1.165) is 18.5 Å². The number of rotatable bonds is 2. The van der Waals surface area contributed by atoms with E-state index in [1.807, 2.05) is 4.57 Å². The van der Waals surface area contributed by atoms with E-state index in [-0.39, 0.29) is 18.6 Å². The molecule has 2 heterocycles. The molecule has 0 aromatic carbocycles. The SMILES string of the molecule is Nc1ncnc2c1ncn2[C@@H]1CCCC[C@H]1CO. The van der Waals surface area contributed by atoms with Crippen LogP contribution in [0.3, 0.4) is 0 Å². The van der Waals surface area contributed by atoms with Crippen LogP contribution in [0.4, 0.5) is 5.82 Å². The molecule has 2 aromatic heterocycles. The molecule has 3 N–H and O–H groups in total. The van der Waals surface area contributed by atoms with Gasteiger partial charge in [0.2, 0.25) is 0 Å². The van der Waals surface area contributed by atoms with Crippen LogP contribution in [0.1, 0.15) is 31.7 Å². The lowest BCUT2D eigenvalue weighted by Crippen LogP contribution is -2.25. The number of nitrogens with two attached hydrogens (primary N) is 1. The lowest BCUT2D eigenvalue weighted by Gasteiger charge is -2.31. The summed E-state index contributed by atoms with van der Waals surface area (Å²) in [5.41, 5.74) is 7.21. The summed E-state index contributed by atoms with van der Waals surface area (Å²) in [6.07, 6.45) is 7.72. The highest BCUT2D eigenvalue weighted by Crippen LogP contribution is 2.35. The van der Waals surface area contributed by atoms with E-state index < -0.39 is 0 Å². The van der Waals surface area contributed by atoms with Crippen molar-refractivity contribution in [2.24, 2.45) is 5.92 Å². The molecular weight excluding hydrogens is 230 g/mol. The van der Waals surface area contributed by atoms with Gasteiger partial charge < -0.3 is 15.4 Å². The smallest absolute Gasteiger partial charge is 0.165 e. The average molecular weight is 247 g/mol. The Morgan fingerprint density at radius 3 is 2.94 bits per heavy atom. The van der Waals surface area contributed by atoms with Crippen LogP contribution < -0.4 is 5.73 Å². The topological polar surface area (TPSA) is 89.9 Å². The monoisotopic (exact) mass is 247 g/mol. The van der Waals surface area contributed by atoms with Gasteiger partial charge in [-0.05, 0) is 12.8 Å². The fraction of sp³-hybridized carbons (Fsp3) is 0.583. The Morgan fingerprint density at radius 2 is 2.11 bits per heavy atom. The lowest BCUT2D eigenvalue weighted by atomic mass is 9.85. The summed E-state index contributed by atoms with van der Waals surface area (Å²) in [5.74, 6) is 0.697. The number of aliphatic hydroxyl groups is 1. The van der Waals surface area contributed by atoms with E-state index in [2.05, 4.69) is 15.0 Å². The van der Waals surface area contributed by atoms with Crippen LogP contribution >= 0.6 is 0 Å². The van der Waals surface area contributed by atoms with Gasteiger partial charge in [0.25, 0.3) is 0 Å². The second-order valence-corrected chi connectivity index (χ2v) is 4.88. The van der Waals surface area contributed by atoms with Gasteiger partial charge in [-0.3, -0.25) is 0 Å². The summed E-state index contributed by atoms with van der Waals surface area (Å²) in [6.45, 7) is 0.213. The Bertz CT molecular complexity index is 552. The van der Waals surface area contributed by atoms with Crippen LogP contribution in [0.2, 0.25) is 0 Å². The number of aliphatic hydroxyl groups excluding tert-OH is 1. The molecule has 0 radical (unpaired) electrons. The first-order valence-electron chi connectivity index (χ1n) is 6.35. The number of imidazole rings is 1. The average Bonchev–Trinajstić information content (AvgIpc) is 2.84. The molecule has 96 valence electrons. The van der Waals surface area contributed by atoms with E-state index in [9.17, 15) is 5.11 Å². The van der Waals surface area contributed by atoms with Crippen LogP contribution in [0.15, 0.2) is 12.7 Å². The molecule has 3 rings (SSSR count). The Kier molecular flexibility index (Phi) is 2.87. The van der Waals surface area contributed by atoms with E-state index in [1.54, 1.807) is 6.33 Å². The summed E-state index contributed by atoms with van der Waals surface area (Å²) in [4.78, 5) is 12.5. The van der Waals surface area contributed by atoms with Gasteiger partial charge in [-0.1, -0.05) is 12.8 Å². The molecular formula is C12H17N5O. The molecule has 0 unspecified atom stereocenters. The normalized spacial score (nSPS) is 24.5. The van der Waals surface area contributed by atoms with Crippen molar-refractivity contribution in [2.45, 2.75) is 31.7 Å². The fourth-order valence-electron chi connectivity index (χ4n) is 2.88. The van der Waals surface area contributed by atoms with Crippen LogP contribution in [0.5, 0.6) is 0 Å². The van der Waals surface area contributed by atoms with E-state index in [1.165, 1.54) is 19.2 Å². The van der Waals surface area contributed by atoms with Gasteiger partial charge >= 0.3 is 0 Å². The maximum absolute atomic E-state index is 9.50. The number of fused-ring (bicyclic) bond motifs is 1. The summed E-state index contributed by atoms with van der Waals surface area (Å²) in [7, 11) is 0. The van der Waals surface area contributed by atoms with Crippen molar-refractivity contribution in [3.05, 3.63) is 12.7 Å². The zero-order chi connectivity index (χ0) is 12.5. The quantitative estimate of drug-likeness (QED) is 0.830. The predicted molar refractivity (Wildman–Crippen MR) is 67.8 cm³/mol. The maximum atomic E-state index is 9.50. The molecule has 6 nitrogen and oxygen atoms in total. The molecule has 6 heteroatoms. The minimum absolute atomic E-state index is 0.213. The first-order valence-corrected chi connectivity index (χ1v) is 6.35. The molecule has 1 fully saturated rings. The van der Waals surface area contributed by atoms with Gasteiger partial charge in [-0.2, -0.15) is 0 Å². The fourth-order valence-corrected chi connectivity index (χ4v) is 2.88. The first kappa shape index (κ1) is 11.4. The van der Waals surface area contributed by atoms with Crippen LogP contribution in [-0.2, 0) is 0 Å². The van der Waals surface area contributed by atoms with Crippen LogP contribution in [-0.4, -0.2) is 31.2 Å². The summed E-state index contributed by atoms with van der Waals surface area (Å²) in [5, 5.41) is 9.50. The highest BCUT2D eigenvalue weighted by atomic mass is 16.3. The third-order valence-corrected chi connectivity index (χ3v) is 3.85. The van der Waals surface area contributed by atoms with Gasteiger partial charge in [-0.25, -0.2) is 15.0 Å². The number of hydrogen-bond acceptors (Lipinski definition) is 5.